The van der Waals surface area contributed by atoms with Crippen LogP contribution < -0.4 is 10.6 Å². The molecule has 1 aliphatic carbocycles. The van der Waals surface area contributed by atoms with Crippen LogP contribution in [0.3, 0.4) is 0 Å². The zero-order chi connectivity index (χ0) is 9.68. The fraction of sp³-hybridized carbons (Fsp3) is 0.778. The van der Waals surface area contributed by atoms with Crippen LogP contribution in [0.2, 0.25) is 0 Å². The Labute approximate surface area is 78.1 Å². The van der Waals surface area contributed by atoms with Gasteiger partial charge in [0.2, 0.25) is 11.8 Å². The third kappa shape index (κ3) is 3.44. The molecule has 0 bridgehead atoms. The molecule has 0 atom stereocenters. The highest BCUT2D eigenvalue weighted by Crippen LogP contribution is 2.17. The number of nitrogens with one attached hydrogen (secondary N) is 2. The fourth-order valence-corrected chi connectivity index (χ4v) is 1.24. The molecule has 1 fully saturated rings. The van der Waals surface area contributed by atoms with Crippen LogP contribution in [0.1, 0.15) is 32.6 Å². The molecule has 0 aromatic heterocycles. The standard InChI is InChI=1S/C9H16N2O2/c1-2-10-8(12)6-9(13)11-7-4-3-5-7/h7H,2-6H2,1H3,(H,10,12)(H,11,13). The average molecular weight is 184 g/mol. The Bertz CT molecular complexity index is 200. The van der Waals surface area contributed by atoms with Gasteiger partial charge in [-0.25, -0.2) is 0 Å². The van der Waals surface area contributed by atoms with Crippen molar-refractivity contribution in [2.45, 2.75) is 38.6 Å². The molecule has 0 aromatic rings. The van der Waals surface area contributed by atoms with E-state index in [0.717, 1.165) is 12.8 Å². The molecule has 0 aliphatic heterocycles. The summed E-state index contributed by atoms with van der Waals surface area (Å²) in [6.45, 7) is 2.41. The van der Waals surface area contributed by atoms with E-state index >= 15 is 0 Å². The maximum atomic E-state index is 11.2. The van der Waals surface area contributed by atoms with Crippen molar-refractivity contribution < 1.29 is 9.59 Å². The lowest BCUT2D eigenvalue weighted by atomic mass is 9.93. The lowest BCUT2D eigenvalue weighted by molar-refractivity contribution is -0.129. The molecular weight excluding hydrogens is 168 g/mol. The highest BCUT2D eigenvalue weighted by atomic mass is 16.2. The van der Waals surface area contributed by atoms with Crippen molar-refractivity contribution in [2.75, 3.05) is 6.54 Å². The molecular formula is C9H16N2O2. The molecule has 74 valence electrons. The first kappa shape index (κ1) is 10.0. The molecule has 1 rings (SSSR count). The first-order valence-corrected chi connectivity index (χ1v) is 4.78. The van der Waals surface area contributed by atoms with Gasteiger partial charge >= 0.3 is 0 Å². The minimum absolute atomic E-state index is 0.0374. The summed E-state index contributed by atoms with van der Waals surface area (Å²) in [5, 5.41) is 5.39. The predicted molar refractivity (Wildman–Crippen MR) is 49.1 cm³/mol. The third-order valence-electron chi connectivity index (χ3n) is 2.17. The van der Waals surface area contributed by atoms with Gasteiger partial charge in [-0.1, -0.05) is 0 Å². The molecule has 4 heteroatoms. The Balaban J connectivity index is 2.12. The Hall–Kier alpha value is -1.06. The van der Waals surface area contributed by atoms with Crippen LogP contribution in [-0.4, -0.2) is 24.4 Å². The maximum absolute atomic E-state index is 11.2. The fourth-order valence-electron chi connectivity index (χ4n) is 1.24. The molecule has 13 heavy (non-hydrogen) atoms. The third-order valence-corrected chi connectivity index (χ3v) is 2.17. The summed E-state index contributed by atoms with van der Waals surface area (Å²) in [7, 11) is 0. The van der Waals surface area contributed by atoms with Crippen LogP contribution in [0, 0.1) is 0 Å². The van der Waals surface area contributed by atoms with Crippen molar-refractivity contribution in [1.82, 2.24) is 10.6 Å². The zero-order valence-electron chi connectivity index (χ0n) is 7.93. The van der Waals surface area contributed by atoms with E-state index in [1.165, 1.54) is 6.42 Å². The summed E-state index contributed by atoms with van der Waals surface area (Å²) in [4.78, 5) is 22.1. The Morgan fingerprint density at radius 3 is 2.46 bits per heavy atom. The van der Waals surface area contributed by atoms with E-state index < -0.39 is 0 Å². The summed E-state index contributed by atoms with van der Waals surface area (Å²) in [6.07, 6.45) is 3.26. The summed E-state index contributed by atoms with van der Waals surface area (Å²) in [5.41, 5.74) is 0. The monoisotopic (exact) mass is 184 g/mol. The second-order valence-corrected chi connectivity index (χ2v) is 3.33. The van der Waals surface area contributed by atoms with Crippen molar-refractivity contribution in [3.63, 3.8) is 0 Å². The normalized spacial score (nSPS) is 16.1. The van der Waals surface area contributed by atoms with E-state index in [9.17, 15) is 9.59 Å². The summed E-state index contributed by atoms with van der Waals surface area (Å²) in [6, 6.07) is 0.321. The minimum Gasteiger partial charge on any atom is -0.356 e. The predicted octanol–water partition coefficient (Wildman–Crippen LogP) is 0.181. The van der Waals surface area contributed by atoms with Gasteiger partial charge in [0.25, 0.3) is 0 Å². The van der Waals surface area contributed by atoms with Gasteiger partial charge in [0.15, 0.2) is 0 Å². The molecule has 0 radical (unpaired) electrons. The van der Waals surface area contributed by atoms with Crippen LogP contribution in [0.15, 0.2) is 0 Å². The zero-order valence-corrected chi connectivity index (χ0v) is 7.93. The molecule has 0 unspecified atom stereocenters. The molecule has 0 heterocycles. The van der Waals surface area contributed by atoms with Crippen molar-refractivity contribution in [3.05, 3.63) is 0 Å². The Kier molecular flexibility index (Phi) is 3.73. The SMILES string of the molecule is CCNC(=O)CC(=O)NC1CCC1. The lowest BCUT2D eigenvalue weighted by Gasteiger charge is -2.26. The topological polar surface area (TPSA) is 58.2 Å². The average Bonchev–Trinajstić information content (AvgIpc) is 1.97. The second kappa shape index (κ2) is 4.84. The molecule has 4 nitrogen and oxygen atoms in total. The number of rotatable bonds is 4. The molecule has 0 aromatic carbocycles. The van der Waals surface area contributed by atoms with Crippen molar-refractivity contribution >= 4 is 11.8 Å². The van der Waals surface area contributed by atoms with Gasteiger partial charge in [-0.15, -0.1) is 0 Å². The smallest absolute Gasteiger partial charge is 0.229 e. The van der Waals surface area contributed by atoms with Crippen molar-refractivity contribution in [2.24, 2.45) is 0 Å². The minimum atomic E-state index is -0.195. The molecule has 1 saturated carbocycles. The number of amides is 2. The molecule has 2 N–H and O–H groups in total. The van der Waals surface area contributed by atoms with E-state index in [-0.39, 0.29) is 18.2 Å². The van der Waals surface area contributed by atoms with E-state index in [1.54, 1.807) is 0 Å². The van der Waals surface area contributed by atoms with Crippen LogP contribution >= 0.6 is 0 Å². The number of hydrogen-bond donors (Lipinski definition) is 2. The van der Waals surface area contributed by atoms with Gasteiger partial charge < -0.3 is 10.6 Å². The quantitative estimate of drug-likeness (QED) is 0.612. The first-order valence-electron chi connectivity index (χ1n) is 4.78. The second-order valence-electron chi connectivity index (χ2n) is 3.33. The lowest BCUT2D eigenvalue weighted by Crippen LogP contribution is -2.41. The largest absolute Gasteiger partial charge is 0.356 e. The van der Waals surface area contributed by atoms with Gasteiger partial charge in [-0.3, -0.25) is 9.59 Å². The number of carbonyl (C=O) groups excluding carboxylic acids is 2. The van der Waals surface area contributed by atoms with Crippen LogP contribution in [0.25, 0.3) is 0 Å². The Morgan fingerprint density at radius 1 is 1.31 bits per heavy atom. The first-order chi connectivity index (χ1) is 6.22. The highest BCUT2D eigenvalue weighted by molar-refractivity contribution is 5.96. The van der Waals surface area contributed by atoms with Gasteiger partial charge in [0.05, 0.1) is 0 Å². The van der Waals surface area contributed by atoms with E-state index in [0.29, 0.717) is 12.6 Å². The van der Waals surface area contributed by atoms with E-state index in [1.807, 2.05) is 6.92 Å². The van der Waals surface area contributed by atoms with Crippen LogP contribution in [-0.2, 0) is 9.59 Å². The molecule has 1 aliphatic rings. The van der Waals surface area contributed by atoms with Gasteiger partial charge in [-0.2, -0.15) is 0 Å². The highest BCUT2D eigenvalue weighted by Gasteiger charge is 2.20. The molecule has 2 amide bonds. The Morgan fingerprint density at radius 2 is 2.00 bits per heavy atom. The molecule has 0 spiro atoms. The maximum Gasteiger partial charge on any atom is 0.229 e. The van der Waals surface area contributed by atoms with Crippen molar-refractivity contribution in [3.8, 4) is 0 Å². The molecule has 0 saturated heterocycles. The van der Waals surface area contributed by atoms with E-state index in [4.69, 9.17) is 0 Å². The number of carbonyl (C=O) groups is 2. The summed E-state index contributed by atoms with van der Waals surface area (Å²) < 4.78 is 0. The van der Waals surface area contributed by atoms with Crippen LogP contribution in [0.5, 0.6) is 0 Å². The summed E-state index contributed by atoms with van der Waals surface area (Å²) >= 11 is 0. The van der Waals surface area contributed by atoms with Gasteiger partial charge in [0.1, 0.15) is 6.42 Å². The van der Waals surface area contributed by atoms with Gasteiger partial charge in [-0.05, 0) is 26.2 Å². The van der Waals surface area contributed by atoms with Crippen molar-refractivity contribution in [1.29, 1.82) is 0 Å². The summed E-state index contributed by atoms with van der Waals surface area (Å²) in [5.74, 6) is -0.352. The van der Waals surface area contributed by atoms with Gasteiger partial charge in [0, 0.05) is 12.6 Å². The number of hydrogen-bond acceptors (Lipinski definition) is 2. The van der Waals surface area contributed by atoms with Crippen LogP contribution in [0.4, 0.5) is 0 Å². The van der Waals surface area contributed by atoms with E-state index in [2.05, 4.69) is 10.6 Å².